The summed E-state index contributed by atoms with van der Waals surface area (Å²) < 4.78 is 4.90. The highest BCUT2D eigenvalue weighted by atomic mass is 15.0. The summed E-state index contributed by atoms with van der Waals surface area (Å²) in [5.74, 6) is 0.247. The van der Waals surface area contributed by atoms with Crippen LogP contribution in [0.1, 0.15) is 22.7 Å². The minimum Gasteiger partial charge on any atom is -0.312 e. The Morgan fingerprint density at radius 1 is 0.439 bits per heavy atom. The fraction of sp³-hybridized carbons (Fsp3) is 0.0256. The van der Waals surface area contributed by atoms with Crippen molar-refractivity contribution in [2.75, 3.05) is 0 Å². The largest absolute Gasteiger partial charge is 0.312 e. The highest BCUT2D eigenvalue weighted by molar-refractivity contribution is 6.09. The first-order valence-electron chi connectivity index (χ1n) is 14.3. The summed E-state index contributed by atoms with van der Waals surface area (Å²) in [6, 6.07) is 51.3. The third-order valence-electron chi connectivity index (χ3n) is 9.35. The van der Waals surface area contributed by atoms with Crippen molar-refractivity contribution < 1.29 is 0 Å². The van der Waals surface area contributed by atoms with Crippen molar-refractivity contribution in [3.05, 3.63) is 156 Å². The van der Waals surface area contributed by atoms with Crippen molar-refractivity contribution in [1.82, 2.24) is 9.13 Å². The van der Waals surface area contributed by atoms with Gasteiger partial charge < -0.3 is 9.13 Å². The highest BCUT2D eigenvalue weighted by Gasteiger charge is 2.42. The van der Waals surface area contributed by atoms with Gasteiger partial charge in [0.15, 0.2) is 0 Å². The lowest BCUT2D eigenvalue weighted by molar-refractivity contribution is 1.00. The van der Waals surface area contributed by atoms with E-state index in [1.54, 1.807) is 0 Å². The minimum atomic E-state index is 0.247. The van der Waals surface area contributed by atoms with Gasteiger partial charge in [0, 0.05) is 33.1 Å². The number of hydrogen-bond acceptors (Lipinski definition) is 0. The highest BCUT2D eigenvalue weighted by Crippen LogP contribution is 2.59. The van der Waals surface area contributed by atoms with Crippen LogP contribution in [0.5, 0.6) is 0 Å². The molecular formula is C39H24N2. The Balaban J connectivity index is 1.19. The van der Waals surface area contributed by atoms with Crippen LogP contribution in [0.2, 0.25) is 0 Å². The van der Waals surface area contributed by atoms with E-state index in [9.17, 15) is 0 Å². The Bertz CT molecular complexity index is 2310. The van der Waals surface area contributed by atoms with Crippen molar-refractivity contribution in [3.8, 4) is 33.6 Å². The normalized spacial score (nSPS) is 14.6. The maximum Gasteiger partial charge on any atom is 0.0541 e. The molecule has 190 valence electrons. The Kier molecular flexibility index (Phi) is 4.01. The fourth-order valence-corrected chi connectivity index (χ4v) is 7.79. The first-order chi connectivity index (χ1) is 20.4. The quantitative estimate of drug-likeness (QED) is 0.215. The SMILES string of the molecule is c1cc(-c2ccc(-n3c4ccccc4c4ccccc43)cc2)c2c(c1)-c1c3n(c4ccccc14)-c1ccccc1C23. The standard InChI is InChI=1S/C39H24N2/c1-5-16-32-27(10-1)28-11-2-6-17-33(28)40(32)25-22-20-24(21-23-25)26-14-9-15-31-36(26)38-30-13-4-8-19-35(30)41-34-18-7-3-12-29(34)37(31)39(38)41/h1-23,38H. The van der Waals surface area contributed by atoms with Crippen LogP contribution in [-0.2, 0) is 0 Å². The molecule has 1 unspecified atom stereocenters. The molecule has 2 aliphatic rings. The minimum absolute atomic E-state index is 0.247. The van der Waals surface area contributed by atoms with Crippen LogP contribution in [-0.4, -0.2) is 9.13 Å². The smallest absolute Gasteiger partial charge is 0.0541 e. The zero-order valence-corrected chi connectivity index (χ0v) is 22.3. The van der Waals surface area contributed by atoms with Crippen molar-refractivity contribution in [2.45, 2.75) is 5.92 Å². The van der Waals surface area contributed by atoms with Crippen LogP contribution >= 0.6 is 0 Å². The number of para-hydroxylation sites is 4. The van der Waals surface area contributed by atoms with E-state index in [0.29, 0.717) is 0 Å². The average Bonchev–Trinajstić information content (AvgIpc) is 3.75. The molecule has 2 aromatic heterocycles. The van der Waals surface area contributed by atoms with Gasteiger partial charge in [0.1, 0.15) is 0 Å². The average molecular weight is 521 g/mol. The molecular weight excluding hydrogens is 496 g/mol. The van der Waals surface area contributed by atoms with Gasteiger partial charge >= 0.3 is 0 Å². The first kappa shape index (κ1) is 21.5. The molecule has 0 spiro atoms. The molecule has 3 heterocycles. The Morgan fingerprint density at radius 3 is 1.76 bits per heavy atom. The van der Waals surface area contributed by atoms with Crippen LogP contribution in [0, 0.1) is 0 Å². The van der Waals surface area contributed by atoms with E-state index in [1.165, 1.54) is 83.2 Å². The van der Waals surface area contributed by atoms with Crippen molar-refractivity contribution >= 4 is 32.7 Å². The Morgan fingerprint density at radius 2 is 1.02 bits per heavy atom. The number of nitrogens with zero attached hydrogens (tertiary/aromatic N) is 2. The van der Waals surface area contributed by atoms with Gasteiger partial charge in [-0.25, -0.2) is 0 Å². The molecule has 10 rings (SSSR count). The van der Waals surface area contributed by atoms with Crippen molar-refractivity contribution in [3.63, 3.8) is 0 Å². The number of rotatable bonds is 2. The van der Waals surface area contributed by atoms with E-state index in [1.807, 2.05) is 0 Å². The van der Waals surface area contributed by atoms with E-state index in [4.69, 9.17) is 0 Å². The van der Waals surface area contributed by atoms with Gasteiger partial charge in [-0.05, 0) is 64.2 Å². The van der Waals surface area contributed by atoms with Gasteiger partial charge in [-0.2, -0.15) is 0 Å². The number of aromatic nitrogens is 2. The van der Waals surface area contributed by atoms with E-state index >= 15 is 0 Å². The molecule has 0 radical (unpaired) electrons. The van der Waals surface area contributed by atoms with Crippen LogP contribution in [0.3, 0.4) is 0 Å². The maximum absolute atomic E-state index is 2.51. The van der Waals surface area contributed by atoms with Crippen LogP contribution in [0.15, 0.2) is 140 Å². The summed E-state index contributed by atoms with van der Waals surface area (Å²) in [4.78, 5) is 0. The van der Waals surface area contributed by atoms with Crippen molar-refractivity contribution in [1.29, 1.82) is 0 Å². The molecule has 0 fully saturated rings. The lowest BCUT2D eigenvalue weighted by Gasteiger charge is -2.16. The fourth-order valence-electron chi connectivity index (χ4n) is 7.79. The summed E-state index contributed by atoms with van der Waals surface area (Å²) in [5, 5.41) is 3.93. The third kappa shape index (κ3) is 2.63. The molecule has 0 saturated heterocycles. The van der Waals surface area contributed by atoms with E-state index in [0.717, 1.165) is 0 Å². The molecule has 41 heavy (non-hydrogen) atoms. The second-order valence-electron chi connectivity index (χ2n) is 11.3. The van der Waals surface area contributed by atoms with Gasteiger partial charge in [-0.15, -0.1) is 0 Å². The topological polar surface area (TPSA) is 9.86 Å². The molecule has 6 aromatic carbocycles. The van der Waals surface area contributed by atoms with Gasteiger partial charge in [0.2, 0.25) is 0 Å². The van der Waals surface area contributed by atoms with Gasteiger partial charge in [0.25, 0.3) is 0 Å². The molecule has 8 aromatic rings. The molecule has 1 aliphatic heterocycles. The summed E-state index contributed by atoms with van der Waals surface area (Å²) in [5.41, 5.74) is 15.9. The van der Waals surface area contributed by atoms with Crippen molar-refractivity contribution in [2.24, 2.45) is 0 Å². The Hall–Kier alpha value is -5.34. The molecule has 1 atom stereocenters. The molecule has 2 heteroatoms. The molecule has 0 amide bonds. The predicted molar refractivity (Wildman–Crippen MR) is 169 cm³/mol. The van der Waals surface area contributed by atoms with Crippen LogP contribution in [0.25, 0.3) is 66.3 Å². The second kappa shape index (κ2) is 7.65. The van der Waals surface area contributed by atoms with Crippen LogP contribution < -0.4 is 0 Å². The maximum atomic E-state index is 2.51. The summed E-state index contributed by atoms with van der Waals surface area (Å²) in [6.07, 6.45) is 0. The molecule has 0 N–H and O–H groups in total. The molecule has 1 aliphatic carbocycles. The molecule has 0 bridgehead atoms. The lowest BCUT2D eigenvalue weighted by atomic mass is 9.87. The summed E-state index contributed by atoms with van der Waals surface area (Å²) >= 11 is 0. The predicted octanol–water partition coefficient (Wildman–Crippen LogP) is 9.87. The van der Waals surface area contributed by atoms with Gasteiger partial charge in [-0.3, -0.25) is 0 Å². The number of fused-ring (bicyclic) bond motifs is 12. The zero-order chi connectivity index (χ0) is 26.7. The third-order valence-corrected chi connectivity index (χ3v) is 9.35. The first-order valence-corrected chi connectivity index (χ1v) is 14.3. The Labute approximate surface area is 237 Å². The molecule has 0 saturated carbocycles. The van der Waals surface area contributed by atoms with E-state index < -0.39 is 0 Å². The van der Waals surface area contributed by atoms with E-state index in [2.05, 4.69) is 149 Å². The second-order valence-corrected chi connectivity index (χ2v) is 11.3. The van der Waals surface area contributed by atoms with Gasteiger partial charge in [-0.1, -0.05) is 103 Å². The monoisotopic (exact) mass is 520 g/mol. The van der Waals surface area contributed by atoms with Crippen LogP contribution in [0.4, 0.5) is 0 Å². The number of benzene rings is 6. The zero-order valence-electron chi connectivity index (χ0n) is 22.3. The summed E-state index contributed by atoms with van der Waals surface area (Å²) in [6.45, 7) is 0. The van der Waals surface area contributed by atoms with E-state index in [-0.39, 0.29) is 5.92 Å². The lowest BCUT2D eigenvalue weighted by Crippen LogP contribution is -1.98. The summed E-state index contributed by atoms with van der Waals surface area (Å²) in [7, 11) is 0. The number of hydrogen-bond donors (Lipinski definition) is 0. The van der Waals surface area contributed by atoms with Gasteiger partial charge in [0.05, 0.1) is 28.2 Å². The molecule has 2 nitrogen and oxygen atoms in total.